The molecule has 3 nitrogen and oxygen atoms in total. The lowest BCUT2D eigenvalue weighted by Gasteiger charge is -2.15. The summed E-state index contributed by atoms with van der Waals surface area (Å²) in [5.74, 6) is 0.540. The van der Waals surface area contributed by atoms with Gasteiger partial charge in [-0.15, -0.1) is 10.2 Å². The normalized spacial score (nSPS) is 12.1. The highest BCUT2D eigenvalue weighted by Crippen LogP contribution is 2.40. The van der Waals surface area contributed by atoms with E-state index < -0.39 is 0 Å². The first-order chi connectivity index (χ1) is 13.2. The number of thioether (sulfide) groups is 1. The minimum Gasteiger partial charge on any atom is -0.411 e. The largest absolute Gasteiger partial charge is 0.411 e. The lowest BCUT2D eigenvalue weighted by Crippen LogP contribution is -1.96. The minimum absolute atomic E-state index is 0.0358. The van der Waals surface area contributed by atoms with E-state index in [0.717, 1.165) is 21.7 Å². The van der Waals surface area contributed by atoms with Gasteiger partial charge in [-0.3, -0.25) is 0 Å². The fourth-order valence-electron chi connectivity index (χ4n) is 2.87. The number of hydrogen-bond donors (Lipinski definition) is 0. The average molecular weight is 393 g/mol. The molecule has 4 rings (SSSR count). The van der Waals surface area contributed by atoms with Crippen molar-refractivity contribution in [1.82, 2.24) is 10.2 Å². The molecule has 0 amide bonds. The molecule has 0 radical (unpaired) electrons. The zero-order valence-corrected chi connectivity index (χ0v) is 16.2. The number of aromatic nitrogens is 2. The van der Waals surface area contributed by atoms with Crippen LogP contribution < -0.4 is 0 Å². The summed E-state index contributed by atoms with van der Waals surface area (Å²) in [7, 11) is 0. The number of halogens is 1. The molecule has 0 fully saturated rings. The van der Waals surface area contributed by atoms with Crippen molar-refractivity contribution < 1.29 is 4.42 Å². The first-order valence-electron chi connectivity index (χ1n) is 8.57. The molecule has 4 aromatic rings. The second kappa shape index (κ2) is 7.99. The maximum absolute atomic E-state index is 6.06. The molecule has 1 atom stereocenters. The van der Waals surface area contributed by atoms with Gasteiger partial charge in [0.1, 0.15) is 0 Å². The molecule has 0 aliphatic carbocycles. The smallest absolute Gasteiger partial charge is 0.277 e. The van der Waals surface area contributed by atoms with Gasteiger partial charge in [0.2, 0.25) is 5.89 Å². The van der Waals surface area contributed by atoms with Crippen LogP contribution in [0.1, 0.15) is 21.9 Å². The monoisotopic (exact) mass is 392 g/mol. The van der Waals surface area contributed by atoms with Gasteiger partial charge in [-0.2, -0.15) is 0 Å². The van der Waals surface area contributed by atoms with Crippen LogP contribution in [0, 0.1) is 6.92 Å². The number of nitrogens with zero attached hydrogens (tertiary/aromatic N) is 2. The Bertz CT molecular complexity index is 1030. The van der Waals surface area contributed by atoms with Crippen molar-refractivity contribution in [3.05, 3.63) is 101 Å². The zero-order valence-electron chi connectivity index (χ0n) is 14.7. The van der Waals surface area contributed by atoms with Gasteiger partial charge in [0.15, 0.2) is 0 Å². The zero-order chi connectivity index (χ0) is 18.6. The Balaban J connectivity index is 1.66. The number of aryl methyl sites for hydroxylation is 1. The van der Waals surface area contributed by atoms with Crippen LogP contribution >= 0.6 is 23.4 Å². The van der Waals surface area contributed by atoms with Crippen molar-refractivity contribution in [2.75, 3.05) is 0 Å². The molecule has 1 heterocycles. The van der Waals surface area contributed by atoms with Gasteiger partial charge in [-0.25, -0.2) is 0 Å². The van der Waals surface area contributed by atoms with E-state index in [9.17, 15) is 0 Å². The van der Waals surface area contributed by atoms with E-state index in [2.05, 4.69) is 22.3 Å². The van der Waals surface area contributed by atoms with Gasteiger partial charge in [0, 0.05) is 10.6 Å². The van der Waals surface area contributed by atoms with Crippen LogP contribution in [0.4, 0.5) is 0 Å². The molecule has 0 unspecified atom stereocenters. The van der Waals surface area contributed by atoms with E-state index in [1.54, 1.807) is 0 Å². The molecule has 0 aliphatic rings. The number of benzene rings is 3. The van der Waals surface area contributed by atoms with Gasteiger partial charge in [0.25, 0.3) is 5.22 Å². The molecular weight excluding hydrogens is 376 g/mol. The molecule has 5 heteroatoms. The Morgan fingerprint density at radius 1 is 0.815 bits per heavy atom. The van der Waals surface area contributed by atoms with Crippen LogP contribution in [0.15, 0.2) is 88.5 Å². The molecule has 0 saturated carbocycles. The lowest BCUT2D eigenvalue weighted by atomic mass is 10.0. The van der Waals surface area contributed by atoms with E-state index in [4.69, 9.17) is 16.0 Å². The van der Waals surface area contributed by atoms with E-state index in [1.165, 1.54) is 17.3 Å². The molecular formula is C22H17ClN2OS. The van der Waals surface area contributed by atoms with Crippen molar-refractivity contribution in [3.8, 4) is 11.5 Å². The summed E-state index contributed by atoms with van der Waals surface area (Å²) in [5.41, 5.74) is 4.36. The molecule has 27 heavy (non-hydrogen) atoms. The van der Waals surface area contributed by atoms with E-state index in [1.807, 2.05) is 73.7 Å². The van der Waals surface area contributed by atoms with Crippen LogP contribution in [-0.2, 0) is 0 Å². The summed E-state index contributed by atoms with van der Waals surface area (Å²) >= 11 is 7.60. The van der Waals surface area contributed by atoms with Gasteiger partial charge in [-0.05, 0) is 41.8 Å². The molecule has 0 N–H and O–H groups in total. The SMILES string of the molecule is Cc1ccccc1-c1nnc(S[C@H](c2ccccc2)c2ccc(Cl)cc2)o1. The summed E-state index contributed by atoms with van der Waals surface area (Å²) in [5, 5.41) is 9.80. The predicted molar refractivity (Wildman–Crippen MR) is 110 cm³/mol. The number of hydrogen-bond acceptors (Lipinski definition) is 4. The summed E-state index contributed by atoms with van der Waals surface area (Å²) in [6.45, 7) is 2.03. The first-order valence-corrected chi connectivity index (χ1v) is 9.83. The minimum atomic E-state index is 0.0358. The Morgan fingerprint density at radius 2 is 1.48 bits per heavy atom. The Kier molecular flexibility index (Phi) is 5.28. The Hall–Kier alpha value is -2.56. The summed E-state index contributed by atoms with van der Waals surface area (Å²) < 4.78 is 5.96. The second-order valence-corrected chi connectivity index (χ2v) is 7.64. The molecule has 1 aromatic heterocycles. The van der Waals surface area contributed by atoms with Crippen molar-refractivity contribution >= 4 is 23.4 Å². The fraction of sp³-hybridized carbons (Fsp3) is 0.0909. The first kappa shape index (κ1) is 17.8. The van der Waals surface area contributed by atoms with Crippen LogP contribution in [0.25, 0.3) is 11.5 Å². The quantitative estimate of drug-likeness (QED) is 0.359. The second-order valence-electron chi connectivity index (χ2n) is 6.15. The standard InChI is InChI=1S/C22H17ClN2OS/c1-15-7-5-6-10-19(15)21-24-25-22(26-21)27-20(16-8-3-2-4-9-16)17-11-13-18(23)14-12-17/h2-14,20H,1H3/t20-/m1/s1. The average Bonchev–Trinajstić information content (AvgIpc) is 3.16. The number of rotatable bonds is 5. The highest BCUT2D eigenvalue weighted by molar-refractivity contribution is 7.99. The van der Waals surface area contributed by atoms with Crippen LogP contribution in [0.2, 0.25) is 5.02 Å². The molecule has 0 bridgehead atoms. The van der Waals surface area contributed by atoms with E-state index >= 15 is 0 Å². The van der Waals surface area contributed by atoms with Crippen LogP contribution in [0.5, 0.6) is 0 Å². The predicted octanol–water partition coefficient (Wildman–Crippen LogP) is 6.58. The molecule has 134 valence electrons. The third kappa shape index (κ3) is 4.07. The molecule has 0 saturated heterocycles. The highest BCUT2D eigenvalue weighted by atomic mass is 35.5. The topological polar surface area (TPSA) is 38.9 Å². The van der Waals surface area contributed by atoms with Crippen molar-refractivity contribution in [2.24, 2.45) is 0 Å². The van der Waals surface area contributed by atoms with Crippen molar-refractivity contribution in [3.63, 3.8) is 0 Å². The summed E-state index contributed by atoms with van der Waals surface area (Å²) in [6, 6.07) is 26.1. The third-order valence-electron chi connectivity index (χ3n) is 4.28. The van der Waals surface area contributed by atoms with Crippen LogP contribution in [0.3, 0.4) is 0 Å². The molecule has 3 aromatic carbocycles. The molecule has 0 aliphatic heterocycles. The van der Waals surface area contributed by atoms with Gasteiger partial charge >= 0.3 is 0 Å². The van der Waals surface area contributed by atoms with Gasteiger partial charge in [0.05, 0.1) is 5.25 Å². The summed E-state index contributed by atoms with van der Waals surface area (Å²) in [4.78, 5) is 0. The van der Waals surface area contributed by atoms with Crippen molar-refractivity contribution in [1.29, 1.82) is 0 Å². The van der Waals surface area contributed by atoms with Crippen LogP contribution in [-0.4, -0.2) is 10.2 Å². The fourth-order valence-corrected chi connectivity index (χ4v) is 4.00. The van der Waals surface area contributed by atoms with Gasteiger partial charge in [-0.1, -0.05) is 84.0 Å². The highest BCUT2D eigenvalue weighted by Gasteiger charge is 2.20. The van der Waals surface area contributed by atoms with Crippen molar-refractivity contribution in [2.45, 2.75) is 17.4 Å². The molecule has 0 spiro atoms. The third-order valence-corrected chi connectivity index (χ3v) is 5.67. The maximum atomic E-state index is 6.06. The van der Waals surface area contributed by atoms with Gasteiger partial charge < -0.3 is 4.42 Å². The Labute approximate surface area is 167 Å². The maximum Gasteiger partial charge on any atom is 0.277 e. The lowest BCUT2D eigenvalue weighted by molar-refractivity contribution is 0.465. The van der Waals surface area contributed by atoms with E-state index in [-0.39, 0.29) is 5.25 Å². The Morgan fingerprint density at radius 3 is 2.22 bits per heavy atom. The van der Waals surface area contributed by atoms with E-state index in [0.29, 0.717) is 11.1 Å². The summed E-state index contributed by atoms with van der Waals surface area (Å²) in [6.07, 6.45) is 0.